The molecule has 14 heteroatoms. The molecule has 2 rings (SSSR count). The lowest BCUT2D eigenvalue weighted by molar-refractivity contribution is 0.472. The molecular weight excluding hydrogens is 522 g/mol. The van der Waals surface area contributed by atoms with E-state index in [2.05, 4.69) is 27.0 Å². The number of anilines is 1. The SMILES string of the molecule is C=C/C(=C\C=C/C)N=Nc1c(S(=O)(=O)O)cc2cc(S(=O)(=O)O)c(N=N/C(C)=C/C=C\C)c(O)c2c1N. The molecular formula is C23H25N5O7S2. The summed E-state index contributed by atoms with van der Waals surface area (Å²) in [5.74, 6) is -0.836. The lowest BCUT2D eigenvalue weighted by Gasteiger charge is -2.14. The predicted molar refractivity (Wildman–Crippen MR) is 140 cm³/mol. The van der Waals surface area contributed by atoms with E-state index in [0.717, 1.165) is 12.1 Å². The Labute approximate surface area is 214 Å². The van der Waals surface area contributed by atoms with E-state index in [4.69, 9.17) is 5.73 Å². The summed E-state index contributed by atoms with van der Waals surface area (Å²) in [6, 6.07) is 1.65. The van der Waals surface area contributed by atoms with Crippen LogP contribution < -0.4 is 5.73 Å². The standard InChI is InChI=1S/C23H25N5O7S2/c1-5-8-10-14(4)25-28-22-18(37(33,34)35)13-15-12-17(36(30,31)32)21(20(24)19(15)23(22)29)27-26-16(7-3)11-9-6-2/h5-13,29H,3,24H2,1-2,4H3,(H,30,31,32)(H,33,34,35)/b8-5-,9-6-,14-10+,16-11+,27-26?,28-25?. The minimum Gasteiger partial charge on any atom is -0.505 e. The second kappa shape index (κ2) is 11.8. The van der Waals surface area contributed by atoms with Crippen LogP contribution in [-0.4, -0.2) is 31.0 Å². The first-order chi connectivity index (χ1) is 17.3. The number of azo groups is 2. The van der Waals surface area contributed by atoms with E-state index in [-0.39, 0.29) is 16.5 Å². The van der Waals surface area contributed by atoms with Gasteiger partial charge in [-0.1, -0.05) is 30.9 Å². The lowest BCUT2D eigenvalue weighted by Crippen LogP contribution is -2.03. The molecule has 0 atom stereocenters. The van der Waals surface area contributed by atoms with Crippen LogP contribution in [0.3, 0.4) is 0 Å². The van der Waals surface area contributed by atoms with Crippen LogP contribution in [0, 0.1) is 0 Å². The highest BCUT2D eigenvalue weighted by molar-refractivity contribution is 7.86. The van der Waals surface area contributed by atoms with E-state index in [9.17, 15) is 31.0 Å². The van der Waals surface area contributed by atoms with Gasteiger partial charge in [-0.15, -0.1) is 10.2 Å². The number of allylic oxidation sites excluding steroid dienone is 8. The van der Waals surface area contributed by atoms with Gasteiger partial charge in [0.1, 0.15) is 21.2 Å². The summed E-state index contributed by atoms with van der Waals surface area (Å²) in [6.45, 7) is 8.64. The van der Waals surface area contributed by atoms with Crippen molar-refractivity contribution >= 4 is 48.1 Å². The Kier molecular flexibility index (Phi) is 9.36. The Hall–Kier alpha value is -3.98. The van der Waals surface area contributed by atoms with Gasteiger partial charge in [-0.25, -0.2) is 0 Å². The molecule has 0 aliphatic rings. The number of nitrogens with two attached hydrogens (primary N) is 1. The Morgan fingerprint density at radius 2 is 1.43 bits per heavy atom. The van der Waals surface area contributed by atoms with Crippen LogP contribution >= 0.6 is 0 Å². The maximum Gasteiger partial charge on any atom is 0.296 e. The van der Waals surface area contributed by atoms with Crippen LogP contribution in [0.4, 0.5) is 17.1 Å². The van der Waals surface area contributed by atoms with Gasteiger partial charge in [0.2, 0.25) is 0 Å². The van der Waals surface area contributed by atoms with E-state index in [1.807, 2.05) is 0 Å². The van der Waals surface area contributed by atoms with Crippen molar-refractivity contribution in [3.63, 3.8) is 0 Å². The van der Waals surface area contributed by atoms with Crippen molar-refractivity contribution in [3.05, 3.63) is 72.6 Å². The molecule has 0 spiro atoms. The Balaban J connectivity index is 3.03. The van der Waals surface area contributed by atoms with Crippen molar-refractivity contribution in [1.82, 2.24) is 0 Å². The van der Waals surface area contributed by atoms with Gasteiger partial charge in [-0.2, -0.15) is 27.1 Å². The highest BCUT2D eigenvalue weighted by Gasteiger charge is 2.27. The van der Waals surface area contributed by atoms with E-state index in [1.54, 1.807) is 51.2 Å². The molecule has 37 heavy (non-hydrogen) atoms. The van der Waals surface area contributed by atoms with Crippen LogP contribution in [0.2, 0.25) is 0 Å². The fourth-order valence-corrected chi connectivity index (χ4v) is 4.28. The van der Waals surface area contributed by atoms with E-state index >= 15 is 0 Å². The van der Waals surface area contributed by atoms with Crippen molar-refractivity contribution < 1.29 is 31.0 Å². The molecule has 0 amide bonds. The zero-order valence-electron chi connectivity index (χ0n) is 20.1. The van der Waals surface area contributed by atoms with Crippen molar-refractivity contribution in [1.29, 1.82) is 0 Å². The number of phenolic OH excluding ortho intramolecular Hbond substituents is 1. The number of hydrogen-bond donors (Lipinski definition) is 4. The molecule has 0 heterocycles. The van der Waals surface area contributed by atoms with Crippen LogP contribution in [0.25, 0.3) is 10.8 Å². The largest absolute Gasteiger partial charge is 0.505 e. The topological polar surface area (TPSA) is 204 Å². The summed E-state index contributed by atoms with van der Waals surface area (Å²) in [5.41, 5.74) is 5.01. The number of hydrogen-bond acceptors (Lipinski definition) is 10. The molecule has 0 aliphatic heterocycles. The van der Waals surface area contributed by atoms with Crippen LogP contribution in [-0.2, 0) is 20.2 Å². The molecule has 0 aromatic heterocycles. The number of phenols is 1. The molecule has 5 N–H and O–H groups in total. The van der Waals surface area contributed by atoms with Gasteiger partial charge in [-0.3, -0.25) is 9.11 Å². The first-order valence-corrected chi connectivity index (χ1v) is 13.3. The molecule has 0 fully saturated rings. The molecule has 0 unspecified atom stereocenters. The normalized spacial score (nSPS) is 14.2. The maximum absolute atomic E-state index is 12.1. The number of fused-ring (bicyclic) bond motifs is 1. The van der Waals surface area contributed by atoms with Crippen molar-refractivity contribution in [2.75, 3.05) is 5.73 Å². The molecule has 2 aromatic carbocycles. The number of benzene rings is 2. The minimum absolute atomic E-state index is 0.211. The third-order valence-electron chi connectivity index (χ3n) is 4.64. The predicted octanol–water partition coefficient (Wildman–Crippen LogP) is 5.91. The second-order valence-electron chi connectivity index (χ2n) is 7.31. The summed E-state index contributed by atoms with van der Waals surface area (Å²) >= 11 is 0. The van der Waals surface area contributed by atoms with Crippen LogP contribution in [0.5, 0.6) is 5.75 Å². The van der Waals surface area contributed by atoms with Crippen molar-refractivity contribution in [3.8, 4) is 5.75 Å². The Bertz CT molecular complexity index is 1630. The summed E-state index contributed by atoms with van der Waals surface area (Å²) in [7, 11) is -9.95. The zero-order chi connectivity index (χ0) is 28.0. The number of aromatic hydroxyl groups is 1. The molecule has 12 nitrogen and oxygen atoms in total. The smallest absolute Gasteiger partial charge is 0.296 e. The summed E-state index contributed by atoms with van der Waals surface area (Å²) in [4.78, 5) is -1.70. The highest BCUT2D eigenvalue weighted by Crippen LogP contribution is 2.48. The molecule has 0 saturated heterocycles. The maximum atomic E-state index is 12.1. The van der Waals surface area contributed by atoms with Gasteiger partial charge < -0.3 is 10.8 Å². The fraction of sp³-hybridized carbons (Fsp3) is 0.130. The summed E-state index contributed by atoms with van der Waals surface area (Å²) in [6.07, 6.45) is 11.1. The first kappa shape index (κ1) is 29.3. The van der Waals surface area contributed by atoms with Gasteiger partial charge in [0.15, 0.2) is 5.75 Å². The number of nitrogens with zero attached hydrogens (tertiary/aromatic N) is 4. The molecule has 0 radical (unpaired) electrons. The zero-order valence-corrected chi connectivity index (χ0v) is 21.7. The molecule has 2 aromatic rings. The molecule has 0 saturated carbocycles. The van der Waals surface area contributed by atoms with Gasteiger partial charge >= 0.3 is 0 Å². The second-order valence-corrected chi connectivity index (χ2v) is 10.1. The summed E-state index contributed by atoms with van der Waals surface area (Å²) in [5, 5.41) is 25.7. The van der Waals surface area contributed by atoms with Gasteiger partial charge in [-0.05, 0) is 56.5 Å². The highest BCUT2D eigenvalue weighted by atomic mass is 32.2. The molecule has 196 valence electrons. The molecule has 0 aliphatic carbocycles. The van der Waals surface area contributed by atoms with E-state index in [0.29, 0.717) is 5.70 Å². The van der Waals surface area contributed by atoms with Crippen molar-refractivity contribution in [2.45, 2.75) is 30.6 Å². The van der Waals surface area contributed by atoms with Gasteiger partial charge in [0.25, 0.3) is 20.2 Å². The lowest BCUT2D eigenvalue weighted by atomic mass is 10.1. The quantitative estimate of drug-likeness (QED) is 0.128. The van der Waals surface area contributed by atoms with Gasteiger partial charge in [0.05, 0.1) is 22.5 Å². The van der Waals surface area contributed by atoms with E-state index in [1.165, 1.54) is 12.2 Å². The Morgan fingerprint density at radius 1 is 0.919 bits per heavy atom. The van der Waals surface area contributed by atoms with E-state index < -0.39 is 52.8 Å². The molecule has 0 bridgehead atoms. The third-order valence-corrected chi connectivity index (χ3v) is 6.38. The number of nitrogen functional groups attached to an aromatic ring is 1. The average Bonchev–Trinajstić information content (AvgIpc) is 2.81. The monoisotopic (exact) mass is 547 g/mol. The van der Waals surface area contributed by atoms with Crippen LogP contribution in [0.15, 0.2) is 103 Å². The van der Waals surface area contributed by atoms with Gasteiger partial charge in [0, 0.05) is 0 Å². The fourth-order valence-electron chi connectivity index (χ4n) is 2.95. The summed E-state index contributed by atoms with van der Waals surface area (Å²) < 4.78 is 67.9. The Morgan fingerprint density at radius 3 is 1.95 bits per heavy atom. The minimum atomic E-state index is -4.98. The first-order valence-electron chi connectivity index (χ1n) is 10.4. The average molecular weight is 548 g/mol. The third kappa shape index (κ3) is 7.04. The van der Waals surface area contributed by atoms with Crippen molar-refractivity contribution in [2.24, 2.45) is 20.5 Å². The number of rotatable bonds is 9. The van der Waals surface area contributed by atoms with Crippen LogP contribution in [0.1, 0.15) is 20.8 Å².